The predicted molar refractivity (Wildman–Crippen MR) is 82.7 cm³/mol. The molecule has 114 valence electrons. The van der Waals surface area contributed by atoms with Crippen LogP contribution in [0.5, 0.6) is 5.75 Å². The summed E-state index contributed by atoms with van der Waals surface area (Å²) in [7, 11) is 3.35. The van der Waals surface area contributed by atoms with E-state index < -0.39 is 0 Å². The number of ether oxygens (including phenoxy) is 1. The lowest BCUT2D eigenvalue weighted by Crippen LogP contribution is -2.34. The molecule has 1 aliphatic rings. The lowest BCUT2D eigenvalue weighted by Gasteiger charge is -2.24. The van der Waals surface area contributed by atoms with Gasteiger partial charge in [0.1, 0.15) is 12.4 Å². The first-order chi connectivity index (χ1) is 10.6. The standard InChI is InChI=1S/C16H18N4O2/c1-20(2)16(21)15-18-7-10(8-19-15)12-4-3-5-14-13(12)6-11(17)9-22-14/h3-5,7-8,11H,6,9,17H2,1-2H3. The summed E-state index contributed by atoms with van der Waals surface area (Å²) in [6, 6.07) is 5.86. The van der Waals surface area contributed by atoms with Crippen LogP contribution in [0.2, 0.25) is 0 Å². The number of fused-ring (bicyclic) bond motifs is 1. The first-order valence-corrected chi connectivity index (χ1v) is 7.10. The van der Waals surface area contributed by atoms with Crippen molar-refractivity contribution in [3.63, 3.8) is 0 Å². The second-order valence-corrected chi connectivity index (χ2v) is 5.55. The Hall–Kier alpha value is -2.47. The van der Waals surface area contributed by atoms with Gasteiger partial charge in [-0.1, -0.05) is 12.1 Å². The molecule has 0 spiro atoms. The van der Waals surface area contributed by atoms with Crippen LogP contribution in [0.4, 0.5) is 0 Å². The lowest BCUT2D eigenvalue weighted by molar-refractivity contribution is 0.0816. The van der Waals surface area contributed by atoms with Crippen molar-refractivity contribution in [3.8, 4) is 16.9 Å². The van der Waals surface area contributed by atoms with Crippen LogP contribution >= 0.6 is 0 Å². The number of rotatable bonds is 2. The fourth-order valence-corrected chi connectivity index (χ4v) is 2.48. The van der Waals surface area contributed by atoms with E-state index in [1.54, 1.807) is 26.5 Å². The molecule has 2 aromatic rings. The minimum Gasteiger partial charge on any atom is -0.492 e. The van der Waals surface area contributed by atoms with E-state index in [-0.39, 0.29) is 17.8 Å². The van der Waals surface area contributed by atoms with Crippen LogP contribution in [0.1, 0.15) is 16.2 Å². The van der Waals surface area contributed by atoms with E-state index in [4.69, 9.17) is 10.5 Å². The van der Waals surface area contributed by atoms with Gasteiger partial charge in [0.2, 0.25) is 5.82 Å². The summed E-state index contributed by atoms with van der Waals surface area (Å²) in [5.41, 5.74) is 8.90. The number of nitrogens with two attached hydrogens (primary N) is 1. The quantitative estimate of drug-likeness (QED) is 0.898. The van der Waals surface area contributed by atoms with Gasteiger partial charge in [0.15, 0.2) is 0 Å². The number of benzene rings is 1. The van der Waals surface area contributed by atoms with E-state index in [9.17, 15) is 4.79 Å². The molecule has 0 aliphatic carbocycles. The molecular weight excluding hydrogens is 280 g/mol. The highest BCUT2D eigenvalue weighted by Crippen LogP contribution is 2.33. The Morgan fingerprint density at radius 3 is 2.73 bits per heavy atom. The highest BCUT2D eigenvalue weighted by molar-refractivity contribution is 5.90. The van der Waals surface area contributed by atoms with Gasteiger partial charge in [0.25, 0.3) is 5.91 Å². The molecule has 1 aromatic carbocycles. The third kappa shape index (κ3) is 2.65. The predicted octanol–water partition coefficient (Wildman–Crippen LogP) is 1.11. The highest BCUT2D eigenvalue weighted by Gasteiger charge is 2.20. The van der Waals surface area contributed by atoms with Crippen molar-refractivity contribution in [3.05, 3.63) is 42.0 Å². The third-order valence-electron chi connectivity index (χ3n) is 3.61. The van der Waals surface area contributed by atoms with E-state index in [0.717, 1.165) is 28.9 Å². The van der Waals surface area contributed by atoms with E-state index in [2.05, 4.69) is 9.97 Å². The molecule has 2 N–H and O–H groups in total. The number of nitrogens with zero attached hydrogens (tertiary/aromatic N) is 3. The molecule has 0 bridgehead atoms. The average molecular weight is 298 g/mol. The molecule has 0 radical (unpaired) electrons. The second-order valence-electron chi connectivity index (χ2n) is 5.55. The van der Waals surface area contributed by atoms with Crippen molar-refractivity contribution in [1.29, 1.82) is 0 Å². The van der Waals surface area contributed by atoms with Gasteiger partial charge in [-0.25, -0.2) is 9.97 Å². The number of carbonyl (C=O) groups is 1. The number of hydrogen-bond donors (Lipinski definition) is 1. The van der Waals surface area contributed by atoms with Crippen LogP contribution in [-0.2, 0) is 6.42 Å². The van der Waals surface area contributed by atoms with Crippen molar-refractivity contribution in [2.24, 2.45) is 5.73 Å². The summed E-state index contributed by atoms with van der Waals surface area (Å²) >= 11 is 0. The zero-order chi connectivity index (χ0) is 15.7. The number of carbonyl (C=O) groups excluding carboxylic acids is 1. The topological polar surface area (TPSA) is 81.3 Å². The maximum absolute atomic E-state index is 11.8. The van der Waals surface area contributed by atoms with Crippen molar-refractivity contribution < 1.29 is 9.53 Å². The molecule has 0 fully saturated rings. The average Bonchev–Trinajstić information content (AvgIpc) is 2.53. The van der Waals surface area contributed by atoms with Crippen LogP contribution in [-0.4, -0.2) is 47.5 Å². The van der Waals surface area contributed by atoms with Crippen molar-refractivity contribution >= 4 is 5.91 Å². The van der Waals surface area contributed by atoms with Crippen molar-refractivity contribution in [2.45, 2.75) is 12.5 Å². The summed E-state index contributed by atoms with van der Waals surface area (Å²) in [5, 5.41) is 0. The van der Waals surface area contributed by atoms with E-state index >= 15 is 0 Å². The van der Waals surface area contributed by atoms with E-state index in [0.29, 0.717) is 6.61 Å². The fraction of sp³-hybridized carbons (Fsp3) is 0.312. The largest absolute Gasteiger partial charge is 0.492 e. The van der Waals surface area contributed by atoms with Crippen LogP contribution in [0.3, 0.4) is 0 Å². The van der Waals surface area contributed by atoms with E-state index in [1.165, 1.54) is 4.90 Å². The van der Waals surface area contributed by atoms with Crippen LogP contribution in [0, 0.1) is 0 Å². The minimum absolute atomic E-state index is 0.0100. The molecule has 6 nitrogen and oxygen atoms in total. The fourth-order valence-electron chi connectivity index (χ4n) is 2.48. The Balaban J connectivity index is 1.97. The summed E-state index contributed by atoms with van der Waals surface area (Å²) < 4.78 is 5.66. The third-order valence-corrected chi connectivity index (χ3v) is 3.61. The zero-order valence-corrected chi connectivity index (χ0v) is 12.6. The lowest BCUT2D eigenvalue weighted by atomic mass is 9.94. The van der Waals surface area contributed by atoms with Gasteiger partial charge in [0.05, 0.1) is 0 Å². The molecule has 2 heterocycles. The first-order valence-electron chi connectivity index (χ1n) is 7.10. The maximum Gasteiger partial charge on any atom is 0.291 e. The summed E-state index contributed by atoms with van der Waals surface area (Å²) in [5.74, 6) is 0.825. The van der Waals surface area contributed by atoms with Gasteiger partial charge >= 0.3 is 0 Å². The molecule has 1 aromatic heterocycles. The second kappa shape index (κ2) is 5.73. The Morgan fingerprint density at radius 1 is 1.32 bits per heavy atom. The summed E-state index contributed by atoms with van der Waals surface area (Å²) in [6.07, 6.45) is 4.09. The van der Waals surface area contributed by atoms with Crippen LogP contribution < -0.4 is 10.5 Å². The molecule has 1 aliphatic heterocycles. The van der Waals surface area contributed by atoms with Gasteiger partial charge in [-0.15, -0.1) is 0 Å². The number of hydrogen-bond acceptors (Lipinski definition) is 5. The Bertz CT molecular complexity index is 698. The van der Waals surface area contributed by atoms with Crippen molar-refractivity contribution in [1.82, 2.24) is 14.9 Å². The Morgan fingerprint density at radius 2 is 2.05 bits per heavy atom. The van der Waals surface area contributed by atoms with Crippen LogP contribution in [0.15, 0.2) is 30.6 Å². The highest BCUT2D eigenvalue weighted by atomic mass is 16.5. The molecule has 0 saturated carbocycles. The Kier molecular flexibility index (Phi) is 3.77. The smallest absolute Gasteiger partial charge is 0.291 e. The molecule has 3 rings (SSSR count). The molecule has 0 saturated heterocycles. The van der Waals surface area contributed by atoms with Gasteiger partial charge in [-0.2, -0.15) is 0 Å². The Labute approximate surface area is 128 Å². The van der Waals surface area contributed by atoms with Crippen LogP contribution in [0.25, 0.3) is 11.1 Å². The van der Waals surface area contributed by atoms with Gasteiger partial charge in [-0.3, -0.25) is 4.79 Å². The molecule has 1 amide bonds. The normalized spacial score (nSPS) is 16.6. The van der Waals surface area contributed by atoms with Gasteiger partial charge in [-0.05, 0) is 18.1 Å². The van der Waals surface area contributed by atoms with Gasteiger partial charge in [0, 0.05) is 43.7 Å². The van der Waals surface area contributed by atoms with Crippen molar-refractivity contribution in [2.75, 3.05) is 20.7 Å². The SMILES string of the molecule is CN(C)C(=O)c1ncc(-c2cccc3c2CC(N)CO3)cn1. The summed E-state index contributed by atoms with van der Waals surface area (Å²) in [4.78, 5) is 21.6. The molecule has 22 heavy (non-hydrogen) atoms. The zero-order valence-electron chi connectivity index (χ0n) is 12.6. The number of amides is 1. The first kappa shape index (κ1) is 14.5. The van der Waals surface area contributed by atoms with Gasteiger partial charge < -0.3 is 15.4 Å². The molecule has 6 heteroatoms. The summed E-state index contributed by atoms with van der Waals surface area (Å²) in [6.45, 7) is 0.531. The molecule has 1 unspecified atom stereocenters. The number of aromatic nitrogens is 2. The van der Waals surface area contributed by atoms with E-state index in [1.807, 2.05) is 18.2 Å². The maximum atomic E-state index is 11.8. The minimum atomic E-state index is -0.216. The molecular formula is C16H18N4O2. The monoisotopic (exact) mass is 298 g/mol. The molecule has 1 atom stereocenters.